The van der Waals surface area contributed by atoms with Gasteiger partial charge in [-0.3, -0.25) is 4.55 Å². The van der Waals surface area contributed by atoms with E-state index >= 15 is 0 Å². The normalized spacial score (nSPS) is 10.3. The highest BCUT2D eigenvalue weighted by atomic mass is 35.5. The first-order valence-electron chi connectivity index (χ1n) is 3.42. The number of halogens is 2. The predicted octanol–water partition coefficient (Wildman–Crippen LogP) is 1.78. The van der Waals surface area contributed by atoms with Crippen LogP contribution in [-0.2, 0) is 10.1 Å². The highest BCUT2D eigenvalue weighted by Gasteiger charge is 1.93. The van der Waals surface area contributed by atoms with E-state index < -0.39 is 16.0 Å². The van der Waals surface area contributed by atoms with Crippen LogP contribution in [-0.4, -0.2) is 18.8 Å². The summed E-state index contributed by atoms with van der Waals surface area (Å²) in [6.45, 7) is 0. The third-order valence-electron chi connectivity index (χ3n) is 1.03. The molecule has 0 spiro atoms. The summed E-state index contributed by atoms with van der Waals surface area (Å²) in [5.41, 5.74) is 4.47. The molecule has 0 aliphatic heterocycles. The lowest BCUT2D eigenvalue weighted by Crippen LogP contribution is -2.11. The average molecular weight is 258 g/mol. The zero-order chi connectivity index (χ0) is 11.2. The van der Waals surface area contributed by atoms with Crippen LogP contribution in [0, 0.1) is 0 Å². The first-order valence-corrected chi connectivity index (χ1v) is 5.78. The summed E-state index contributed by atoms with van der Waals surface area (Å²) in [4.78, 5) is 0. The Labute approximate surface area is 92.4 Å². The quantitative estimate of drug-likeness (QED) is 0.752. The van der Waals surface area contributed by atoms with Crippen LogP contribution in [0.4, 0.5) is 0 Å². The van der Waals surface area contributed by atoms with Crippen molar-refractivity contribution in [2.45, 2.75) is 0 Å². The Morgan fingerprint density at radius 1 is 1.21 bits per heavy atom. The monoisotopic (exact) mass is 257 g/mol. The Morgan fingerprint density at radius 3 is 1.64 bits per heavy atom. The lowest BCUT2D eigenvalue weighted by molar-refractivity contribution is 0.483. The van der Waals surface area contributed by atoms with Crippen molar-refractivity contribution < 1.29 is 13.0 Å². The van der Waals surface area contributed by atoms with Gasteiger partial charge in [0.25, 0.3) is 10.1 Å². The maximum absolute atomic E-state index is 9.43. The van der Waals surface area contributed by atoms with Gasteiger partial charge in [-0.25, -0.2) is 0 Å². The molecule has 0 radical (unpaired) electrons. The third kappa shape index (κ3) is 7.11. The first kappa shape index (κ1) is 13.7. The second-order valence-corrected chi connectivity index (χ2v) is 4.47. The van der Waals surface area contributed by atoms with Gasteiger partial charge in [-0.2, -0.15) is 8.42 Å². The standard InChI is InChI=1S/C6H4Cl2.CH5NO3S/c7-5-3-1-2-4-6(5)8;2-1-6(3,4)5/h1-4H;1-2H2,(H,3,4,5). The molecular weight excluding hydrogens is 249 g/mol. The molecule has 0 atom stereocenters. The first-order chi connectivity index (χ1) is 6.37. The summed E-state index contributed by atoms with van der Waals surface area (Å²) >= 11 is 11.2. The van der Waals surface area contributed by atoms with Crippen LogP contribution < -0.4 is 5.73 Å². The van der Waals surface area contributed by atoms with Crippen molar-refractivity contribution in [1.82, 2.24) is 0 Å². The summed E-state index contributed by atoms with van der Waals surface area (Å²) in [6, 6.07) is 7.19. The molecule has 1 aromatic carbocycles. The SMILES string of the molecule is Clc1ccccc1Cl.NCS(=O)(=O)O. The Morgan fingerprint density at radius 2 is 1.50 bits per heavy atom. The molecule has 0 amide bonds. The summed E-state index contributed by atoms with van der Waals surface area (Å²) in [5.74, 6) is -0.701. The van der Waals surface area contributed by atoms with Gasteiger partial charge in [-0.1, -0.05) is 35.3 Å². The topological polar surface area (TPSA) is 80.4 Å². The second-order valence-electron chi connectivity index (χ2n) is 2.16. The highest BCUT2D eigenvalue weighted by molar-refractivity contribution is 7.85. The molecule has 0 heterocycles. The molecular formula is C7H9Cl2NO3S. The van der Waals surface area contributed by atoms with E-state index in [4.69, 9.17) is 27.8 Å². The van der Waals surface area contributed by atoms with Crippen molar-refractivity contribution in [1.29, 1.82) is 0 Å². The van der Waals surface area contributed by atoms with Crippen LogP contribution >= 0.6 is 23.2 Å². The Hall–Kier alpha value is -0.330. The summed E-state index contributed by atoms with van der Waals surface area (Å²) in [6.07, 6.45) is 0. The van der Waals surface area contributed by atoms with Crippen molar-refractivity contribution in [3.63, 3.8) is 0 Å². The Balaban J connectivity index is 0.000000255. The van der Waals surface area contributed by atoms with Crippen molar-refractivity contribution in [2.24, 2.45) is 5.73 Å². The van der Waals surface area contributed by atoms with E-state index in [0.29, 0.717) is 10.0 Å². The fourth-order valence-corrected chi connectivity index (χ4v) is 0.711. The molecule has 14 heavy (non-hydrogen) atoms. The number of rotatable bonds is 1. The molecule has 0 bridgehead atoms. The molecule has 0 saturated carbocycles. The predicted molar refractivity (Wildman–Crippen MR) is 57.1 cm³/mol. The lowest BCUT2D eigenvalue weighted by atomic mass is 10.4. The van der Waals surface area contributed by atoms with Crippen LogP contribution in [0.2, 0.25) is 10.0 Å². The van der Waals surface area contributed by atoms with Crippen molar-refractivity contribution in [2.75, 3.05) is 5.88 Å². The number of nitrogens with two attached hydrogens (primary N) is 1. The van der Waals surface area contributed by atoms with Gasteiger partial charge in [-0.05, 0) is 12.1 Å². The maximum atomic E-state index is 9.43. The molecule has 4 nitrogen and oxygen atoms in total. The molecule has 80 valence electrons. The zero-order valence-electron chi connectivity index (χ0n) is 7.02. The summed E-state index contributed by atoms with van der Waals surface area (Å²) < 4.78 is 26.5. The molecule has 0 fully saturated rings. The number of benzene rings is 1. The molecule has 3 N–H and O–H groups in total. The van der Waals surface area contributed by atoms with E-state index in [1.54, 1.807) is 12.1 Å². The maximum Gasteiger partial charge on any atom is 0.277 e. The Kier molecular flexibility index (Phi) is 6.06. The van der Waals surface area contributed by atoms with Crippen LogP contribution in [0.5, 0.6) is 0 Å². The van der Waals surface area contributed by atoms with E-state index in [-0.39, 0.29) is 0 Å². The van der Waals surface area contributed by atoms with Gasteiger partial charge in [0.15, 0.2) is 0 Å². The van der Waals surface area contributed by atoms with Crippen LogP contribution in [0.3, 0.4) is 0 Å². The van der Waals surface area contributed by atoms with Gasteiger partial charge in [0.05, 0.1) is 10.0 Å². The minimum absolute atomic E-state index is 0.606. The minimum atomic E-state index is -3.88. The minimum Gasteiger partial charge on any atom is -0.316 e. The van der Waals surface area contributed by atoms with Gasteiger partial charge < -0.3 is 5.73 Å². The lowest BCUT2D eigenvalue weighted by Gasteiger charge is -1.88. The Bertz CT molecular complexity index is 359. The molecule has 0 unspecified atom stereocenters. The van der Waals surface area contributed by atoms with Gasteiger partial charge in [0.2, 0.25) is 0 Å². The molecule has 7 heteroatoms. The van der Waals surface area contributed by atoms with Gasteiger partial charge >= 0.3 is 0 Å². The molecule has 1 aromatic rings. The van der Waals surface area contributed by atoms with E-state index in [2.05, 4.69) is 5.73 Å². The van der Waals surface area contributed by atoms with Crippen LogP contribution in [0.1, 0.15) is 0 Å². The van der Waals surface area contributed by atoms with E-state index in [1.807, 2.05) is 12.1 Å². The van der Waals surface area contributed by atoms with Crippen molar-refractivity contribution >= 4 is 33.3 Å². The third-order valence-corrected chi connectivity index (χ3v) is 2.21. The molecule has 0 saturated heterocycles. The molecule has 0 aliphatic rings. The number of hydrogen-bond donors (Lipinski definition) is 2. The zero-order valence-corrected chi connectivity index (χ0v) is 9.35. The molecule has 0 aliphatic carbocycles. The van der Waals surface area contributed by atoms with E-state index in [0.717, 1.165) is 0 Å². The molecule has 1 rings (SSSR count). The van der Waals surface area contributed by atoms with Gasteiger partial charge in [0.1, 0.15) is 5.88 Å². The van der Waals surface area contributed by atoms with Crippen molar-refractivity contribution in [3.05, 3.63) is 34.3 Å². The summed E-state index contributed by atoms with van der Waals surface area (Å²) in [5, 5.41) is 1.21. The van der Waals surface area contributed by atoms with Crippen LogP contribution in [0.25, 0.3) is 0 Å². The fourth-order valence-electron chi connectivity index (χ4n) is 0.439. The van der Waals surface area contributed by atoms with Gasteiger partial charge in [0, 0.05) is 0 Å². The van der Waals surface area contributed by atoms with Gasteiger partial charge in [-0.15, -0.1) is 0 Å². The fraction of sp³-hybridized carbons (Fsp3) is 0.143. The molecule has 0 aromatic heterocycles. The number of hydrogen-bond acceptors (Lipinski definition) is 3. The van der Waals surface area contributed by atoms with E-state index in [1.165, 1.54) is 0 Å². The van der Waals surface area contributed by atoms with E-state index in [9.17, 15) is 8.42 Å². The van der Waals surface area contributed by atoms with Crippen LogP contribution in [0.15, 0.2) is 24.3 Å². The smallest absolute Gasteiger partial charge is 0.277 e. The second kappa shape index (κ2) is 6.21. The largest absolute Gasteiger partial charge is 0.316 e. The summed E-state index contributed by atoms with van der Waals surface area (Å²) in [7, 11) is -3.88. The van der Waals surface area contributed by atoms with Crippen molar-refractivity contribution in [3.8, 4) is 0 Å². The highest BCUT2D eigenvalue weighted by Crippen LogP contribution is 2.19. The average Bonchev–Trinajstić information content (AvgIpc) is 2.10.